The first-order valence-electron chi connectivity index (χ1n) is 8.70. The van der Waals surface area contributed by atoms with Gasteiger partial charge in [-0.1, -0.05) is 11.6 Å². The van der Waals surface area contributed by atoms with Crippen LogP contribution in [0.5, 0.6) is 5.75 Å². The number of rotatable bonds is 5. The number of carbonyl (C=O) groups is 1. The van der Waals surface area contributed by atoms with Gasteiger partial charge in [-0.2, -0.15) is 0 Å². The number of hydrogen-bond acceptors (Lipinski definition) is 4. The summed E-state index contributed by atoms with van der Waals surface area (Å²) in [5.41, 5.74) is 0.622. The summed E-state index contributed by atoms with van der Waals surface area (Å²) in [6.07, 6.45) is 2.59. The number of amides is 1. The van der Waals surface area contributed by atoms with E-state index < -0.39 is 14.8 Å². The largest absolute Gasteiger partial charge is 0.495 e. The molecule has 1 saturated carbocycles. The van der Waals surface area contributed by atoms with E-state index in [-0.39, 0.29) is 17.9 Å². The number of benzene rings is 1. The van der Waals surface area contributed by atoms with Crippen molar-refractivity contribution < 1.29 is 17.9 Å². The number of carbonyl (C=O) groups excluding carboxylic acids is 1. The number of nitrogens with one attached hydrogen (secondary N) is 2. The third-order valence-corrected chi connectivity index (χ3v) is 7.20. The predicted octanol–water partition coefficient (Wildman–Crippen LogP) is 3.56. The van der Waals surface area contributed by atoms with Gasteiger partial charge in [0.05, 0.1) is 16.9 Å². The van der Waals surface area contributed by atoms with Gasteiger partial charge < -0.3 is 10.1 Å². The van der Waals surface area contributed by atoms with Gasteiger partial charge in [0, 0.05) is 17.6 Å². The molecule has 0 bridgehead atoms. The molecule has 8 heteroatoms. The second-order valence-electron chi connectivity index (χ2n) is 7.62. The van der Waals surface area contributed by atoms with E-state index in [9.17, 15) is 13.2 Å². The van der Waals surface area contributed by atoms with Crippen molar-refractivity contribution in [2.24, 2.45) is 5.92 Å². The Hall–Kier alpha value is -1.31. The maximum atomic E-state index is 12.5. The molecule has 1 aliphatic carbocycles. The van der Waals surface area contributed by atoms with Crippen LogP contribution in [0.25, 0.3) is 0 Å². The third kappa shape index (κ3) is 5.11. The smallest absolute Gasteiger partial charge is 0.227 e. The Morgan fingerprint density at radius 2 is 1.81 bits per heavy atom. The van der Waals surface area contributed by atoms with E-state index in [0.717, 1.165) is 0 Å². The molecular weight excluding hydrogens is 376 g/mol. The molecular formula is C18H27ClN2O4S. The van der Waals surface area contributed by atoms with E-state index in [0.29, 0.717) is 42.1 Å². The molecule has 0 aliphatic heterocycles. The van der Waals surface area contributed by atoms with Crippen LogP contribution in [0, 0.1) is 5.92 Å². The molecule has 26 heavy (non-hydrogen) atoms. The minimum atomic E-state index is -3.37. The van der Waals surface area contributed by atoms with Crippen molar-refractivity contribution in [2.45, 2.75) is 57.2 Å². The van der Waals surface area contributed by atoms with E-state index in [4.69, 9.17) is 16.3 Å². The second kappa shape index (κ2) is 8.15. The van der Waals surface area contributed by atoms with Crippen LogP contribution in [0.3, 0.4) is 0 Å². The lowest BCUT2D eigenvalue weighted by atomic mass is 9.86. The van der Waals surface area contributed by atoms with Crippen molar-refractivity contribution in [1.29, 1.82) is 0 Å². The summed E-state index contributed by atoms with van der Waals surface area (Å²) < 4.78 is 31.5. The minimum absolute atomic E-state index is 0.0663. The van der Waals surface area contributed by atoms with Gasteiger partial charge >= 0.3 is 0 Å². The fourth-order valence-electron chi connectivity index (χ4n) is 2.86. The molecule has 146 valence electrons. The number of halogens is 1. The van der Waals surface area contributed by atoms with Crippen LogP contribution < -0.4 is 14.8 Å². The van der Waals surface area contributed by atoms with Crippen molar-refractivity contribution in [3.63, 3.8) is 0 Å². The molecule has 0 spiro atoms. The van der Waals surface area contributed by atoms with Crippen LogP contribution in [-0.2, 0) is 14.8 Å². The van der Waals surface area contributed by atoms with Crippen molar-refractivity contribution in [3.05, 3.63) is 23.2 Å². The van der Waals surface area contributed by atoms with Gasteiger partial charge in [0.2, 0.25) is 15.9 Å². The fraction of sp³-hybridized carbons (Fsp3) is 0.611. The van der Waals surface area contributed by atoms with Gasteiger partial charge in [-0.05, 0) is 64.7 Å². The number of hydrogen-bond donors (Lipinski definition) is 2. The highest BCUT2D eigenvalue weighted by Gasteiger charge is 2.34. The first kappa shape index (κ1) is 21.0. The first-order chi connectivity index (χ1) is 12.0. The topological polar surface area (TPSA) is 84.5 Å². The summed E-state index contributed by atoms with van der Waals surface area (Å²) in [6.45, 7) is 5.02. The molecule has 1 aliphatic rings. The molecule has 0 unspecified atom stereocenters. The zero-order valence-electron chi connectivity index (χ0n) is 15.6. The molecule has 6 nitrogen and oxygen atoms in total. The quantitative estimate of drug-likeness (QED) is 0.788. The number of anilines is 1. The van der Waals surface area contributed by atoms with Crippen molar-refractivity contribution in [1.82, 2.24) is 4.72 Å². The number of methoxy groups -OCH3 is 1. The highest BCUT2D eigenvalue weighted by molar-refractivity contribution is 7.90. The van der Waals surface area contributed by atoms with Crippen molar-refractivity contribution >= 4 is 33.2 Å². The molecule has 2 N–H and O–H groups in total. The third-order valence-electron chi connectivity index (χ3n) is 4.65. The molecule has 0 heterocycles. The highest BCUT2D eigenvalue weighted by atomic mass is 35.5. The Morgan fingerprint density at radius 3 is 2.31 bits per heavy atom. The fourth-order valence-corrected chi connectivity index (χ4v) is 4.14. The van der Waals surface area contributed by atoms with Gasteiger partial charge in [0.25, 0.3) is 0 Å². The average molecular weight is 403 g/mol. The summed E-state index contributed by atoms with van der Waals surface area (Å²) in [4.78, 5) is 12.5. The minimum Gasteiger partial charge on any atom is -0.495 e. The summed E-state index contributed by atoms with van der Waals surface area (Å²) in [7, 11) is -1.84. The Labute approximate surface area is 160 Å². The molecule has 0 radical (unpaired) electrons. The SMILES string of the molecule is COc1ccc(NC(=O)C2CCC(NS(=O)(=O)C(C)(C)C)CC2)cc1Cl. The molecule has 0 saturated heterocycles. The molecule has 0 aromatic heterocycles. The first-order valence-corrected chi connectivity index (χ1v) is 10.6. The monoisotopic (exact) mass is 402 g/mol. The Balaban J connectivity index is 1.89. The van der Waals surface area contributed by atoms with Gasteiger partial charge in [0.1, 0.15) is 5.75 Å². The van der Waals surface area contributed by atoms with E-state index in [1.807, 2.05) is 0 Å². The van der Waals surface area contributed by atoms with E-state index in [1.165, 1.54) is 7.11 Å². The van der Waals surface area contributed by atoms with Gasteiger partial charge in [-0.15, -0.1) is 0 Å². The molecule has 1 amide bonds. The lowest BCUT2D eigenvalue weighted by Gasteiger charge is -2.30. The van der Waals surface area contributed by atoms with E-state index in [1.54, 1.807) is 39.0 Å². The number of ether oxygens (including phenoxy) is 1. The molecule has 1 aromatic carbocycles. The maximum absolute atomic E-state index is 12.5. The van der Waals surface area contributed by atoms with Crippen LogP contribution in [0.15, 0.2) is 18.2 Å². The van der Waals surface area contributed by atoms with E-state index >= 15 is 0 Å². The zero-order chi connectivity index (χ0) is 19.5. The van der Waals surface area contributed by atoms with Crippen LogP contribution >= 0.6 is 11.6 Å². The van der Waals surface area contributed by atoms with Gasteiger partial charge in [-0.25, -0.2) is 13.1 Å². The lowest BCUT2D eigenvalue weighted by Crippen LogP contribution is -2.46. The van der Waals surface area contributed by atoms with Crippen LogP contribution in [0.1, 0.15) is 46.5 Å². The van der Waals surface area contributed by atoms with Crippen LogP contribution in [0.4, 0.5) is 5.69 Å². The summed E-state index contributed by atoms with van der Waals surface area (Å²) in [6, 6.07) is 4.99. The summed E-state index contributed by atoms with van der Waals surface area (Å²) >= 11 is 6.07. The predicted molar refractivity (Wildman–Crippen MR) is 104 cm³/mol. The van der Waals surface area contributed by atoms with Crippen LogP contribution in [-0.4, -0.2) is 32.2 Å². The van der Waals surface area contributed by atoms with Gasteiger partial charge in [-0.3, -0.25) is 4.79 Å². The standard InChI is InChI=1S/C18H27ClN2O4S/c1-18(2,3)26(23,24)21-13-7-5-12(6-8-13)17(22)20-14-9-10-16(25-4)15(19)11-14/h9-13,21H,5-8H2,1-4H3,(H,20,22). The molecule has 2 rings (SSSR count). The average Bonchev–Trinajstić information content (AvgIpc) is 2.54. The zero-order valence-corrected chi connectivity index (χ0v) is 17.2. The van der Waals surface area contributed by atoms with Crippen molar-refractivity contribution in [3.8, 4) is 5.75 Å². The highest BCUT2D eigenvalue weighted by Crippen LogP contribution is 2.30. The second-order valence-corrected chi connectivity index (χ2v) is 10.5. The Kier molecular flexibility index (Phi) is 6.58. The maximum Gasteiger partial charge on any atom is 0.227 e. The Bertz CT molecular complexity index is 751. The number of sulfonamides is 1. The molecule has 0 atom stereocenters. The Morgan fingerprint density at radius 1 is 1.19 bits per heavy atom. The van der Waals surface area contributed by atoms with Crippen LogP contribution in [0.2, 0.25) is 5.02 Å². The molecule has 1 aromatic rings. The molecule has 1 fully saturated rings. The summed E-state index contributed by atoms with van der Waals surface area (Å²) in [5.74, 6) is 0.353. The van der Waals surface area contributed by atoms with E-state index in [2.05, 4.69) is 10.0 Å². The summed E-state index contributed by atoms with van der Waals surface area (Å²) in [5, 5.41) is 3.31. The van der Waals surface area contributed by atoms with Crippen molar-refractivity contribution in [2.75, 3.05) is 12.4 Å². The van der Waals surface area contributed by atoms with Gasteiger partial charge in [0.15, 0.2) is 0 Å². The lowest BCUT2D eigenvalue weighted by molar-refractivity contribution is -0.120. The normalized spacial score (nSPS) is 21.3.